The molecule has 1 saturated heterocycles. The molecule has 1 aliphatic rings. The first-order valence-corrected chi connectivity index (χ1v) is 10.6. The summed E-state index contributed by atoms with van der Waals surface area (Å²) < 4.78 is 26.9. The van der Waals surface area contributed by atoms with Gasteiger partial charge in [-0.05, 0) is 37.1 Å². The van der Waals surface area contributed by atoms with Crippen LogP contribution < -0.4 is 5.32 Å². The Kier molecular flexibility index (Phi) is 4.51. The molecule has 0 atom stereocenters. The zero-order chi connectivity index (χ0) is 18.1. The summed E-state index contributed by atoms with van der Waals surface area (Å²) in [6.45, 7) is 1.14. The monoisotopic (exact) mass is 390 g/mol. The van der Waals surface area contributed by atoms with Gasteiger partial charge in [-0.25, -0.2) is 13.4 Å². The highest BCUT2D eigenvalue weighted by molar-refractivity contribution is 7.91. The number of imidazole rings is 1. The first-order chi connectivity index (χ1) is 12.5. The quantitative estimate of drug-likeness (QED) is 0.700. The standard InChI is InChI=1S/C17H18N4O3S2/c22-15(20-17-18-13-5-1-2-6-14(13)19-17)11-12-7-8-16(25-12)26(23,24)21-9-3-4-10-21/h1-2,5-8H,3-4,9-11H2,(H2,18,19,20,22). The van der Waals surface area contributed by atoms with Crippen LogP contribution in [0.15, 0.2) is 40.6 Å². The van der Waals surface area contributed by atoms with Crippen LogP contribution in [0.4, 0.5) is 5.95 Å². The lowest BCUT2D eigenvalue weighted by molar-refractivity contribution is -0.115. The van der Waals surface area contributed by atoms with Crippen LogP contribution in [-0.4, -0.2) is 41.7 Å². The molecular formula is C17H18N4O3S2. The topological polar surface area (TPSA) is 95.2 Å². The van der Waals surface area contributed by atoms with Gasteiger partial charge in [-0.3, -0.25) is 10.1 Å². The van der Waals surface area contributed by atoms with Crippen molar-refractivity contribution >= 4 is 44.2 Å². The van der Waals surface area contributed by atoms with Gasteiger partial charge in [0.1, 0.15) is 4.21 Å². The molecule has 3 heterocycles. The summed E-state index contributed by atoms with van der Waals surface area (Å²) in [4.78, 5) is 20.3. The number of thiophene rings is 1. The average Bonchev–Trinajstić information content (AvgIpc) is 3.35. The number of amides is 1. The number of sulfonamides is 1. The summed E-state index contributed by atoms with van der Waals surface area (Å²) in [7, 11) is -3.43. The molecule has 2 N–H and O–H groups in total. The maximum absolute atomic E-state index is 12.5. The van der Waals surface area contributed by atoms with Crippen molar-refractivity contribution in [3.8, 4) is 0 Å². The highest BCUT2D eigenvalue weighted by atomic mass is 32.2. The summed E-state index contributed by atoms with van der Waals surface area (Å²) >= 11 is 1.15. The van der Waals surface area contributed by atoms with Gasteiger partial charge < -0.3 is 4.98 Å². The number of anilines is 1. The van der Waals surface area contributed by atoms with E-state index in [4.69, 9.17) is 0 Å². The molecular weight excluding hydrogens is 372 g/mol. The largest absolute Gasteiger partial charge is 0.324 e. The van der Waals surface area contributed by atoms with E-state index in [0.29, 0.717) is 28.1 Å². The van der Waals surface area contributed by atoms with Crippen LogP contribution >= 0.6 is 11.3 Å². The SMILES string of the molecule is O=C(Cc1ccc(S(=O)(=O)N2CCCC2)s1)Nc1nc2ccccc2[nH]1. The number of carbonyl (C=O) groups excluding carboxylic acids is 1. The molecule has 0 radical (unpaired) electrons. The van der Waals surface area contributed by atoms with Crippen molar-refractivity contribution in [1.82, 2.24) is 14.3 Å². The summed E-state index contributed by atoms with van der Waals surface area (Å²) in [6.07, 6.45) is 1.91. The van der Waals surface area contributed by atoms with E-state index in [0.717, 1.165) is 35.2 Å². The molecule has 9 heteroatoms. The minimum atomic E-state index is -3.43. The number of H-pyrrole nitrogens is 1. The molecule has 1 aromatic carbocycles. The first-order valence-electron chi connectivity index (χ1n) is 8.36. The molecule has 0 unspecified atom stereocenters. The van der Waals surface area contributed by atoms with Gasteiger partial charge in [-0.2, -0.15) is 4.31 Å². The van der Waals surface area contributed by atoms with Crippen molar-refractivity contribution in [3.63, 3.8) is 0 Å². The third-order valence-corrected chi connectivity index (χ3v) is 7.73. The Morgan fingerprint density at radius 2 is 1.96 bits per heavy atom. The van der Waals surface area contributed by atoms with Gasteiger partial charge in [0.25, 0.3) is 10.0 Å². The predicted octanol–water partition coefficient (Wildman–Crippen LogP) is 2.59. The molecule has 4 rings (SSSR count). The molecule has 26 heavy (non-hydrogen) atoms. The fraction of sp³-hybridized carbons (Fsp3) is 0.294. The second-order valence-corrected chi connectivity index (χ2v) is 9.49. The molecule has 7 nitrogen and oxygen atoms in total. The highest BCUT2D eigenvalue weighted by Gasteiger charge is 2.28. The lowest BCUT2D eigenvalue weighted by Crippen LogP contribution is -2.27. The number of nitrogens with zero attached hydrogens (tertiary/aromatic N) is 2. The van der Waals surface area contributed by atoms with Crippen molar-refractivity contribution in [2.75, 3.05) is 18.4 Å². The third kappa shape index (κ3) is 3.37. The van der Waals surface area contributed by atoms with Gasteiger partial charge in [0.05, 0.1) is 17.5 Å². The van der Waals surface area contributed by atoms with Gasteiger partial charge in [-0.15, -0.1) is 11.3 Å². The van der Waals surface area contributed by atoms with E-state index in [1.807, 2.05) is 24.3 Å². The lowest BCUT2D eigenvalue weighted by atomic mass is 10.3. The number of carbonyl (C=O) groups is 1. The number of rotatable bonds is 5. The Hall–Kier alpha value is -2.23. The van der Waals surface area contributed by atoms with E-state index in [-0.39, 0.29) is 12.3 Å². The Morgan fingerprint density at radius 1 is 1.19 bits per heavy atom. The third-order valence-electron chi connectivity index (χ3n) is 4.28. The second kappa shape index (κ2) is 6.82. The molecule has 0 spiro atoms. The first kappa shape index (κ1) is 17.2. The number of para-hydroxylation sites is 2. The fourth-order valence-electron chi connectivity index (χ4n) is 2.99. The summed E-state index contributed by atoms with van der Waals surface area (Å²) in [5, 5.41) is 2.72. The van der Waals surface area contributed by atoms with Crippen LogP contribution in [0.3, 0.4) is 0 Å². The number of aromatic amines is 1. The summed E-state index contributed by atoms with van der Waals surface area (Å²) in [6, 6.07) is 10.8. The van der Waals surface area contributed by atoms with Crippen LogP contribution in [0, 0.1) is 0 Å². The molecule has 0 aliphatic carbocycles. The molecule has 0 bridgehead atoms. The van der Waals surface area contributed by atoms with Crippen LogP contribution in [0.1, 0.15) is 17.7 Å². The van der Waals surface area contributed by atoms with Crippen LogP contribution in [0.2, 0.25) is 0 Å². The Morgan fingerprint density at radius 3 is 2.73 bits per heavy atom. The normalized spacial score (nSPS) is 15.5. The number of fused-ring (bicyclic) bond motifs is 1. The maximum Gasteiger partial charge on any atom is 0.252 e. The summed E-state index contributed by atoms with van der Waals surface area (Å²) in [5.41, 5.74) is 1.62. The Balaban J connectivity index is 1.44. The molecule has 2 aromatic heterocycles. The second-order valence-electron chi connectivity index (χ2n) is 6.16. The van der Waals surface area contributed by atoms with E-state index in [1.165, 1.54) is 4.31 Å². The van der Waals surface area contributed by atoms with Crippen molar-refractivity contribution < 1.29 is 13.2 Å². The van der Waals surface area contributed by atoms with Crippen LogP contribution in [-0.2, 0) is 21.2 Å². The highest BCUT2D eigenvalue weighted by Crippen LogP contribution is 2.27. The number of aromatic nitrogens is 2. The number of nitrogens with one attached hydrogen (secondary N) is 2. The van der Waals surface area contributed by atoms with Crippen LogP contribution in [0.25, 0.3) is 11.0 Å². The van der Waals surface area contributed by atoms with E-state index in [1.54, 1.807) is 12.1 Å². The summed E-state index contributed by atoms with van der Waals surface area (Å²) in [5.74, 6) is 0.147. The number of benzene rings is 1. The minimum Gasteiger partial charge on any atom is -0.324 e. The maximum atomic E-state index is 12.5. The van der Waals surface area contributed by atoms with E-state index >= 15 is 0 Å². The van der Waals surface area contributed by atoms with Gasteiger partial charge in [0, 0.05) is 18.0 Å². The number of hydrogen-bond donors (Lipinski definition) is 2. The van der Waals surface area contributed by atoms with E-state index in [9.17, 15) is 13.2 Å². The molecule has 1 aliphatic heterocycles. The van der Waals surface area contributed by atoms with E-state index < -0.39 is 10.0 Å². The van der Waals surface area contributed by atoms with Crippen molar-refractivity contribution in [1.29, 1.82) is 0 Å². The lowest BCUT2D eigenvalue weighted by Gasteiger charge is -2.13. The molecule has 0 saturated carbocycles. The van der Waals surface area contributed by atoms with Crippen molar-refractivity contribution in [2.24, 2.45) is 0 Å². The predicted molar refractivity (Wildman–Crippen MR) is 101 cm³/mol. The smallest absolute Gasteiger partial charge is 0.252 e. The van der Waals surface area contributed by atoms with Gasteiger partial charge >= 0.3 is 0 Å². The van der Waals surface area contributed by atoms with E-state index in [2.05, 4.69) is 15.3 Å². The zero-order valence-corrected chi connectivity index (χ0v) is 15.6. The Bertz CT molecular complexity index is 1020. The van der Waals surface area contributed by atoms with Crippen molar-refractivity contribution in [2.45, 2.75) is 23.5 Å². The van der Waals surface area contributed by atoms with Gasteiger partial charge in [-0.1, -0.05) is 12.1 Å². The van der Waals surface area contributed by atoms with Crippen molar-refractivity contribution in [3.05, 3.63) is 41.3 Å². The van der Waals surface area contributed by atoms with Gasteiger partial charge in [0.2, 0.25) is 11.9 Å². The molecule has 1 amide bonds. The molecule has 136 valence electrons. The zero-order valence-electron chi connectivity index (χ0n) is 13.9. The minimum absolute atomic E-state index is 0.108. The Labute approximate surface area is 155 Å². The van der Waals surface area contributed by atoms with Crippen LogP contribution in [0.5, 0.6) is 0 Å². The van der Waals surface area contributed by atoms with Gasteiger partial charge in [0.15, 0.2) is 0 Å². The average molecular weight is 390 g/mol. The molecule has 3 aromatic rings. The fourth-order valence-corrected chi connectivity index (χ4v) is 6.02. The molecule has 1 fully saturated rings. The number of hydrogen-bond acceptors (Lipinski definition) is 5.